The summed E-state index contributed by atoms with van der Waals surface area (Å²) in [5.74, 6) is 0.0957. The molecule has 0 radical (unpaired) electrons. The van der Waals surface area contributed by atoms with E-state index in [1.54, 1.807) is 0 Å². The Balaban J connectivity index is 3.22. The van der Waals surface area contributed by atoms with Crippen molar-refractivity contribution in [3.8, 4) is 0 Å². The van der Waals surface area contributed by atoms with Gasteiger partial charge in [0.05, 0.1) is 0 Å². The molecule has 0 aromatic heterocycles. The van der Waals surface area contributed by atoms with Gasteiger partial charge in [0.25, 0.3) is 0 Å². The van der Waals surface area contributed by atoms with E-state index in [2.05, 4.69) is 27.8 Å². The molecule has 0 saturated carbocycles. The Labute approximate surface area is 94.3 Å². The van der Waals surface area contributed by atoms with Crippen molar-refractivity contribution >= 4 is 21.8 Å². The average molecular weight is 263 g/mol. The van der Waals surface area contributed by atoms with Crippen molar-refractivity contribution in [3.63, 3.8) is 0 Å². The van der Waals surface area contributed by atoms with E-state index in [0.29, 0.717) is 13.0 Å². The Morgan fingerprint density at radius 1 is 1.29 bits per heavy atom. The van der Waals surface area contributed by atoms with Crippen molar-refractivity contribution in [1.29, 1.82) is 0 Å². The molecule has 3 N–H and O–H groups in total. The summed E-state index contributed by atoms with van der Waals surface area (Å²) in [6, 6.07) is 0. The maximum absolute atomic E-state index is 11.2. The van der Waals surface area contributed by atoms with Crippen LogP contribution < -0.4 is 11.1 Å². The first-order valence-electron chi connectivity index (χ1n) is 4.97. The molecule has 0 unspecified atom stereocenters. The van der Waals surface area contributed by atoms with E-state index in [-0.39, 0.29) is 5.91 Å². The topological polar surface area (TPSA) is 55.1 Å². The smallest absolute Gasteiger partial charge is 0.220 e. The first-order valence-corrected chi connectivity index (χ1v) is 5.76. The van der Waals surface area contributed by atoms with Crippen LogP contribution in [0.1, 0.15) is 32.1 Å². The highest BCUT2D eigenvalue weighted by molar-refractivity contribution is 9.11. The van der Waals surface area contributed by atoms with Gasteiger partial charge in [-0.2, -0.15) is 0 Å². The number of nitrogens with two attached hydrogens (primary N) is 1. The Bertz CT molecular complexity index is 183. The van der Waals surface area contributed by atoms with Gasteiger partial charge in [-0.05, 0) is 19.4 Å². The summed E-state index contributed by atoms with van der Waals surface area (Å²) >= 11 is 3.18. The van der Waals surface area contributed by atoms with Gasteiger partial charge in [0.1, 0.15) is 0 Å². The number of rotatable bonds is 8. The Morgan fingerprint density at radius 2 is 1.93 bits per heavy atom. The molecule has 0 atom stereocenters. The third kappa shape index (κ3) is 9.74. The summed E-state index contributed by atoms with van der Waals surface area (Å²) in [6.07, 6.45) is 4.81. The van der Waals surface area contributed by atoms with Crippen molar-refractivity contribution in [3.05, 3.63) is 11.1 Å². The van der Waals surface area contributed by atoms with E-state index in [9.17, 15) is 4.79 Å². The zero-order valence-corrected chi connectivity index (χ0v) is 10.1. The predicted octanol–water partition coefficient (Wildman–Crippen LogP) is 1.92. The molecule has 3 nitrogen and oxygen atoms in total. The highest BCUT2D eigenvalue weighted by Gasteiger charge is 1.99. The minimum Gasteiger partial charge on any atom is -0.352 e. The van der Waals surface area contributed by atoms with E-state index in [1.807, 2.05) is 0 Å². The Morgan fingerprint density at radius 3 is 2.50 bits per heavy atom. The van der Waals surface area contributed by atoms with Crippen LogP contribution >= 0.6 is 15.9 Å². The molecule has 82 valence electrons. The number of unbranched alkanes of at least 4 members (excludes halogenated alkanes) is 3. The van der Waals surface area contributed by atoms with Crippen molar-refractivity contribution in [2.45, 2.75) is 32.1 Å². The molecular weight excluding hydrogens is 244 g/mol. The predicted molar refractivity (Wildman–Crippen MR) is 63.2 cm³/mol. The van der Waals surface area contributed by atoms with Crippen molar-refractivity contribution in [2.75, 3.05) is 13.1 Å². The SMILES string of the molecule is C=C(Br)CNC(=O)CCCCCCN. The van der Waals surface area contributed by atoms with Gasteiger partial charge in [0.15, 0.2) is 0 Å². The van der Waals surface area contributed by atoms with Gasteiger partial charge >= 0.3 is 0 Å². The molecule has 0 aliphatic heterocycles. The molecule has 0 aromatic rings. The molecular formula is C10H19BrN2O. The Hall–Kier alpha value is -0.350. The van der Waals surface area contributed by atoms with Gasteiger partial charge in [-0.25, -0.2) is 0 Å². The molecule has 0 rings (SSSR count). The number of carbonyl (C=O) groups is 1. The van der Waals surface area contributed by atoms with Gasteiger partial charge < -0.3 is 11.1 Å². The van der Waals surface area contributed by atoms with Crippen LogP contribution in [-0.4, -0.2) is 19.0 Å². The highest BCUT2D eigenvalue weighted by atomic mass is 79.9. The van der Waals surface area contributed by atoms with Crippen molar-refractivity contribution in [1.82, 2.24) is 5.32 Å². The summed E-state index contributed by atoms with van der Waals surface area (Å²) in [4.78, 5) is 11.2. The number of carbonyl (C=O) groups excluding carboxylic acids is 1. The zero-order chi connectivity index (χ0) is 10.8. The van der Waals surface area contributed by atoms with E-state index >= 15 is 0 Å². The lowest BCUT2D eigenvalue weighted by Gasteiger charge is -2.03. The van der Waals surface area contributed by atoms with Crippen molar-refractivity contribution in [2.24, 2.45) is 5.73 Å². The fourth-order valence-corrected chi connectivity index (χ4v) is 1.21. The van der Waals surface area contributed by atoms with Gasteiger partial charge in [-0.1, -0.05) is 35.4 Å². The monoisotopic (exact) mass is 262 g/mol. The largest absolute Gasteiger partial charge is 0.352 e. The number of hydrogen-bond donors (Lipinski definition) is 2. The first-order chi connectivity index (χ1) is 6.66. The lowest BCUT2D eigenvalue weighted by atomic mass is 10.1. The second-order valence-corrected chi connectivity index (χ2v) is 4.37. The normalized spacial score (nSPS) is 9.86. The van der Waals surface area contributed by atoms with Crippen LogP contribution in [0.5, 0.6) is 0 Å². The maximum atomic E-state index is 11.2. The van der Waals surface area contributed by atoms with Gasteiger partial charge in [-0.15, -0.1) is 0 Å². The van der Waals surface area contributed by atoms with Gasteiger partial charge in [-0.3, -0.25) is 4.79 Å². The number of hydrogen-bond acceptors (Lipinski definition) is 2. The second kappa shape index (κ2) is 9.21. The van der Waals surface area contributed by atoms with Crippen LogP contribution in [0, 0.1) is 0 Å². The second-order valence-electron chi connectivity index (χ2n) is 3.25. The first kappa shape index (κ1) is 13.7. The minimum atomic E-state index is 0.0957. The number of amides is 1. The quantitative estimate of drug-likeness (QED) is 0.657. The lowest BCUT2D eigenvalue weighted by Crippen LogP contribution is -2.23. The van der Waals surface area contributed by atoms with E-state index < -0.39 is 0 Å². The van der Waals surface area contributed by atoms with E-state index in [4.69, 9.17) is 5.73 Å². The van der Waals surface area contributed by atoms with Crippen molar-refractivity contribution < 1.29 is 4.79 Å². The van der Waals surface area contributed by atoms with E-state index in [0.717, 1.165) is 36.7 Å². The average Bonchev–Trinajstić information content (AvgIpc) is 2.14. The third-order valence-corrected chi connectivity index (χ3v) is 2.12. The molecule has 0 bridgehead atoms. The number of nitrogens with one attached hydrogen (secondary N) is 1. The van der Waals surface area contributed by atoms with Gasteiger partial charge in [0, 0.05) is 17.4 Å². The molecule has 14 heavy (non-hydrogen) atoms. The molecule has 0 aliphatic carbocycles. The Kier molecular flexibility index (Phi) is 8.98. The molecule has 0 spiro atoms. The summed E-state index contributed by atoms with van der Waals surface area (Å²) in [6.45, 7) is 4.90. The number of halogens is 1. The van der Waals surface area contributed by atoms with Crippen LogP contribution in [0.4, 0.5) is 0 Å². The zero-order valence-electron chi connectivity index (χ0n) is 8.52. The molecule has 1 amide bonds. The van der Waals surface area contributed by atoms with E-state index in [1.165, 1.54) is 0 Å². The standard InChI is InChI=1S/C10H19BrN2O/c1-9(11)8-13-10(14)6-4-2-3-5-7-12/h1-8,12H2,(H,13,14). The van der Waals surface area contributed by atoms with Crippen LogP contribution in [0.25, 0.3) is 0 Å². The molecule has 0 aromatic carbocycles. The third-order valence-electron chi connectivity index (χ3n) is 1.84. The molecule has 4 heteroatoms. The summed E-state index contributed by atoms with van der Waals surface area (Å²) in [5.41, 5.74) is 5.36. The van der Waals surface area contributed by atoms with Crippen LogP contribution in [0.15, 0.2) is 11.1 Å². The fourth-order valence-electron chi connectivity index (χ4n) is 1.07. The molecule has 0 saturated heterocycles. The lowest BCUT2D eigenvalue weighted by molar-refractivity contribution is -0.121. The van der Waals surface area contributed by atoms with Crippen LogP contribution in [0.2, 0.25) is 0 Å². The maximum Gasteiger partial charge on any atom is 0.220 e. The molecule has 0 fully saturated rings. The van der Waals surface area contributed by atoms with Crippen LogP contribution in [-0.2, 0) is 4.79 Å². The van der Waals surface area contributed by atoms with Crippen LogP contribution in [0.3, 0.4) is 0 Å². The summed E-state index contributed by atoms with van der Waals surface area (Å²) < 4.78 is 0.800. The fraction of sp³-hybridized carbons (Fsp3) is 0.700. The summed E-state index contributed by atoms with van der Waals surface area (Å²) in [7, 11) is 0. The van der Waals surface area contributed by atoms with Gasteiger partial charge in [0.2, 0.25) is 5.91 Å². The summed E-state index contributed by atoms with van der Waals surface area (Å²) in [5, 5.41) is 2.76. The molecule has 0 aliphatic rings. The highest BCUT2D eigenvalue weighted by Crippen LogP contribution is 2.02. The molecule has 0 heterocycles. The minimum absolute atomic E-state index is 0.0957.